The first kappa shape index (κ1) is 11.1. The Balaban J connectivity index is 1.81. The van der Waals surface area contributed by atoms with Crippen molar-refractivity contribution in [3.05, 3.63) is 23.9 Å². The highest BCUT2D eigenvalue weighted by molar-refractivity contribution is 5.73. The van der Waals surface area contributed by atoms with E-state index in [4.69, 9.17) is 9.47 Å². The number of pyridine rings is 1. The van der Waals surface area contributed by atoms with E-state index in [2.05, 4.69) is 4.98 Å². The monoisotopic (exact) mass is 221 g/mol. The van der Waals surface area contributed by atoms with Crippen LogP contribution in [0.4, 0.5) is 0 Å². The number of hydrogen-bond acceptors (Lipinski definition) is 4. The number of hydrogen-bond donors (Lipinski definition) is 0. The van der Waals surface area contributed by atoms with Crippen LogP contribution in [0.3, 0.4) is 0 Å². The molecule has 1 aromatic rings. The lowest BCUT2D eigenvalue weighted by Crippen LogP contribution is -2.21. The zero-order valence-corrected chi connectivity index (χ0v) is 9.09. The van der Waals surface area contributed by atoms with Crippen molar-refractivity contribution in [3.63, 3.8) is 0 Å². The molecule has 0 bridgehead atoms. The summed E-state index contributed by atoms with van der Waals surface area (Å²) in [5.41, 5.74) is 0.568. The maximum absolute atomic E-state index is 10.4. The molecule has 2 rings (SSSR count). The van der Waals surface area contributed by atoms with Crippen molar-refractivity contribution in [2.45, 2.75) is 12.8 Å². The van der Waals surface area contributed by atoms with Gasteiger partial charge < -0.3 is 9.47 Å². The second-order valence-electron chi connectivity index (χ2n) is 3.91. The number of nitrogens with zero attached hydrogens (tertiary/aromatic N) is 1. The predicted octanol–water partition coefficient (Wildman–Crippen LogP) is 1.70. The Bertz CT molecular complexity index is 331. The third-order valence-electron chi connectivity index (χ3n) is 2.70. The zero-order valence-electron chi connectivity index (χ0n) is 9.09. The minimum Gasteiger partial charge on any atom is -0.477 e. The van der Waals surface area contributed by atoms with Gasteiger partial charge in [0.25, 0.3) is 0 Å². The normalized spacial score (nSPS) is 17.0. The minimum absolute atomic E-state index is 0.557. The van der Waals surface area contributed by atoms with E-state index >= 15 is 0 Å². The molecular formula is C12H15NO3. The topological polar surface area (TPSA) is 48.4 Å². The molecule has 0 N–H and O–H groups in total. The number of carbonyl (C=O) groups excluding carboxylic acids is 1. The lowest BCUT2D eigenvalue weighted by molar-refractivity contribution is 0.0490. The highest BCUT2D eigenvalue weighted by Crippen LogP contribution is 2.16. The van der Waals surface area contributed by atoms with Gasteiger partial charge in [-0.1, -0.05) is 0 Å². The number of ether oxygens (including phenoxy) is 2. The van der Waals surface area contributed by atoms with Crippen LogP contribution in [-0.2, 0) is 4.74 Å². The zero-order chi connectivity index (χ0) is 11.2. The lowest BCUT2D eigenvalue weighted by atomic mass is 10.0. The van der Waals surface area contributed by atoms with E-state index in [-0.39, 0.29) is 0 Å². The fourth-order valence-corrected chi connectivity index (χ4v) is 1.66. The van der Waals surface area contributed by atoms with Gasteiger partial charge in [0.05, 0.1) is 6.61 Å². The molecule has 0 aliphatic carbocycles. The summed E-state index contributed by atoms with van der Waals surface area (Å²) >= 11 is 0. The van der Waals surface area contributed by atoms with Crippen LogP contribution in [0.15, 0.2) is 18.3 Å². The van der Waals surface area contributed by atoms with Crippen LogP contribution >= 0.6 is 0 Å². The molecule has 1 aliphatic rings. The van der Waals surface area contributed by atoms with Crippen molar-refractivity contribution in [3.8, 4) is 5.88 Å². The summed E-state index contributed by atoms with van der Waals surface area (Å²) in [6, 6.07) is 3.43. The van der Waals surface area contributed by atoms with Gasteiger partial charge in [-0.2, -0.15) is 0 Å². The molecule has 0 amide bonds. The van der Waals surface area contributed by atoms with Crippen LogP contribution in [-0.4, -0.2) is 31.1 Å². The number of aldehydes is 1. The molecule has 16 heavy (non-hydrogen) atoms. The average molecular weight is 221 g/mol. The first-order valence-corrected chi connectivity index (χ1v) is 5.50. The summed E-state index contributed by atoms with van der Waals surface area (Å²) in [6.45, 7) is 2.33. The van der Waals surface area contributed by atoms with Crippen molar-refractivity contribution in [2.24, 2.45) is 5.92 Å². The molecule has 0 saturated carbocycles. The summed E-state index contributed by atoms with van der Waals surface area (Å²) < 4.78 is 10.8. The Morgan fingerprint density at radius 3 is 2.88 bits per heavy atom. The molecule has 0 aromatic carbocycles. The Labute approximate surface area is 94.6 Å². The van der Waals surface area contributed by atoms with Gasteiger partial charge in [0.2, 0.25) is 5.88 Å². The van der Waals surface area contributed by atoms with E-state index in [0.29, 0.717) is 24.0 Å². The summed E-state index contributed by atoms with van der Waals surface area (Å²) in [5, 5.41) is 0. The number of aromatic nitrogens is 1. The van der Waals surface area contributed by atoms with Gasteiger partial charge in [-0.3, -0.25) is 4.79 Å². The second-order valence-corrected chi connectivity index (χ2v) is 3.91. The largest absolute Gasteiger partial charge is 0.477 e. The third-order valence-corrected chi connectivity index (χ3v) is 2.70. The molecule has 2 heterocycles. The van der Waals surface area contributed by atoms with E-state index in [1.807, 2.05) is 0 Å². The molecule has 1 fully saturated rings. The van der Waals surface area contributed by atoms with Gasteiger partial charge in [-0.15, -0.1) is 0 Å². The third kappa shape index (κ3) is 3.03. The van der Waals surface area contributed by atoms with Crippen LogP contribution in [0.5, 0.6) is 5.88 Å². The molecule has 4 heteroatoms. The van der Waals surface area contributed by atoms with E-state index in [0.717, 1.165) is 32.3 Å². The minimum atomic E-state index is 0.557. The van der Waals surface area contributed by atoms with E-state index in [1.54, 1.807) is 12.1 Å². The highest BCUT2D eigenvalue weighted by Gasteiger charge is 2.14. The maximum atomic E-state index is 10.4. The van der Waals surface area contributed by atoms with Gasteiger partial charge in [0.15, 0.2) is 6.29 Å². The first-order chi connectivity index (χ1) is 7.88. The molecule has 0 spiro atoms. The Hall–Kier alpha value is -1.42. The summed E-state index contributed by atoms with van der Waals surface area (Å²) in [7, 11) is 0. The van der Waals surface area contributed by atoms with Crippen LogP contribution in [0.1, 0.15) is 23.2 Å². The van der Waals surface area contributed by atoms with Crippen LogP contribution in [0.25, 0.3) is 0 Å². The van der Waals surface area contributed by atoms with E-state index in [9.17, 15) is 4.79 Å². The van der Waals surface area contributed by atoms with Crippen molar-refractivity contribution >= 4 is 6.29 Å². The Morgan fingerprint density at radius 2 is 2.25 bits per heavy atom. The van der Waals surface area contributed by atoms with Crippen molar-refractivity contribution < 1.29 is 14.3 Å². The predicted molar refractivity (Wildman–Crippen MR) is 58.7 cm³/mol. The first-order valence-electron chi connectivity index (χ1n) is 5.50. The fourth-order valence-electron chi connectivity index (χ4n) is 1.66. The van der Waals surface area contributed by atoms with Crippen LogP contribution in [0.2, 0.25) is 0 Å². The smallest absolute Gasteiger partial charge is 0.213 e. The molecule has 1 saturated heterocycles. The van der Waals surface area contributed by atoms with Crippen molar-refractivity contribution in [1.82, 2.24) is 4.98 Å². The van der Waals surface area contributed by atoms with Gasteiger partial charge in [0.1, 0.15) is 0 Å². The maximum Gasteiger partial charge on any atom is 0.213 e. The average Bonchev–Trinajstić information content (AvgIpc) is 2.38. The van der Waals surface area contributed by atoms with Gasteiger partial charge >= 0.3 is 0 Å². The standard InChI is InChI=1S/C12H15NO3/c14-8-11-1-2-12(13-7-11)16-9-10-3-5-15-6-4-10/h1-2,7-8,10H,3-6,9H2. The Kier molecular flexibility index (Phi) is 3.88. The van der Waals surface area contributed by atoms with Crippen molar-refractivity contribution in [1.29, 1.82) is 0 Å². The summed E-state index contributed by atoms with van der Waals surface area (Å²) in [5.74, 6) is 1.14. The molecule has 0 radical (unpaired) electrons. The molecule has 0 atom stereocenters. The van der Waals surface area contributed by atoms with Crippen molar-refractivity contribution in [2.75, 3.05) is 19.8 Å². The molecule has 0 unspecified atom stereocenters. The molecule has 1 aliphatic heterocycles. The molecular weight excluding hydrogens is 206 g/mol. The molecule has 4 nitrogen and oxygen atoms in total. The Morgan fingerprint density at radius 1 is 1.44 bits per heavy atom. The molecule has 86 valence electrons. The SMILES string of the molecule is O=Cc1ccc(OCC2CCOCC2)nc1. The van der Waals surface area contributed by atoms with E-state index in [1.165, 1.54) is 6.20 Å². The lowest BCUT2D eigenvalue weighted by Gasteiger charge is -2.21. The quantitative estimate of drug-likeness (QED) is 0.726. The van der Waals surface area contributed by atoms with Gasteiger partial charge in [0, 0.05) is 31.0 Å². The van der Waals surface area contributed by atoms with Gasteiger partial charge in [-0.25, -0.2) is 4.98 Å². The fraction of sp³-hybridized carbons (Fsp3) is 0.500. The van der Waals surface area contributed by atoms with Gasteiger partial charge in [-0.05, 0) is 24.8 Å². The van der Waals surface area contributed by atoms with E-state index < -0.39 is 0 Å². The van der Waals surface area contributed by atoms with Crippen LogP contribution in [0, 0.1) is 5.92 Å². The van der Waals surface area contributed by atoms with Crippen LogP contribution < -0.4 is 4.74 Å². The second kappa shape index (κ2) is 5.61. The molecule has 1 aromatic heterocycles. The summed E-state index contributed by atoms with van der Waals surface area (Å²) in [6.07, 6.45) is 4.39. The highest BCUT2D eigenvalue weighted by atomic mass is 16.5. The number of carbonyl (C=O) groups is 1. The summed E-state index contributed by atoms with van der Waals surface area (Å²) in [4.78, 5) is 14.5. The number of rotatable bonds is 4.